The van der Waals surface area contributed by atoms with E-state index in [2.05, 4.69) is 5.92 Å². The van der Waals surface area contributed by atoms with Crippen LogP contribution in [-0.2, 0) is 4.79 Å². The Morgan fingerprint density at radius 2 is 2.00 bits per heavy atom. The summed E-state index contributed by atoms with van der Waals surface area (Å²) < 4.78 is 37.2. The van der Waals surface area contributed by atoms with E-state index in [9.17, 15) is 18.0 Å². The first kappa shape index (κ1) is 13.8. The molecule has 1 unspecified atom stereocenters. The van der Waals surface area contributed by atoms with Gasteiger partial charge in [-0.1, -0.05) is 0 Å². The van der Waals surface area contributed by atoms with Crippen LogP contribution in [0.2, 0.25) is 0 Å². The number of nitrogens with zero attached hydrogens (tertiary/aromatic N) is 1. The molecule has 1 amide bonds. The molecule has 0 radical (unpaired) electrons. The van der Waals surface area contributed by atoms with Gasteiger partial charge in [0.15, 0.2) is 0 Å². The number of halogens is 3. The van der Waals surface area contributed by atoms with Crippen molar-refractivity contribution in [1.82, 2.24) is 4.90 Å². The number of rotatable bonds is 2. The molecule has 1 atom stereocenters. The van der Waals surface area contributed by atoms with Gasteiger partial charge in [0, 0.05) is 19.5 Å². The number of amides is 1. The maximum Gasteiger partial charge on any atom is 0.391 e. The van der Waals surface area contributed by atoms with E-state index < -0.39 is 18.1 Å². The average Bonchev–Trinajstić information content (AvgIpc) is 2.27. The Labute approximate surface area is 98.1 Å². The van der Waals surface area contributed by atoms with Crippen molar-refractivity contribution in [2.75, 3.05) is 13.1 Å². The Morgan fingerprint density at radius 3 is 2.41 bits per heavy atom. The zero-order valence-corrected chi connectivity index (χ0v) is 9.33. The molecule has 1 aliphatic rings. The largest absolute Gasteiger partial charge is 0.391 e. The number of hydrogen-bond donors (Lipinski definition) is 1. The fourth-order valence-corrected chi connectivity index (χ4v) is 1.88. The highest BCUT2D eigenvalue weighted by atomic mass is 19.4. The van der Waals surface area contributed by atoms with Crippen LogP contribution in [0.15, 0.2) is 0 Å². The van der Waals surface area contributed by atoms with Crippen LogP contribution in [0.3, 0.4) is 0 Å². The van der Waals surface area contributed by atoms with Crippen LogP contribution in [-0.4, -0.2) is 36.1 Å². The zero-order chi connectivity index (χ0) is 13.1. The van der Waals surface area contributed by atoms with Crippen LogP contribution in [0.25, 0.3) is 0 Å². The molecule has 1 fully saturated rings. The van der Waals surface area contributed by atoms with Gasteiger partial charge in [0.1, 0.15) is 0 Å². The van der Waals surface area contributed by atoms with Crippen molar-refractivity contribution >= 4 is 5.91 Å². The third-order valence-electron chi connectivity index (χ3n) is 2.92. The van der Waals surface area contributed by atoms with Crippen LogP contribution >= 0.6 is 0 Å². The minimum absolute atomic E-state index is 0.0575. The number of hydrogen-bond acceptors (Lipinski definition) is 2. The van der Waals surface area contributed by atoms with Crippen LogP contribution < -0.4 is 5.73 Å². The molecule has 6 heteroatoms. The lowest BCUT2D eigenvalue weighted by Gasteiger charge is -2.34. The Bertz CT molecular complexity index is 314. The molecule has 17 heavy (non-hydrogen) atoms. The quantitative estimate of drug-likeness (QED) is 0.745. The Kier molecular flexibility index (Phi) is 4.40. The topological polar surface area (TPSA) is 46.3 Å². The molecule has 0 aromatic carbocycles. The second-order valence-corrected chi connectivity index (χ2v) is 4.16. The van der Waals surface area contributed by atoms with Crippen molar-refractivity contribution in [3.05, 3.63) is 0 Å². The van der Waals surface area contributed by atoms with Gasteiger partial charge in [-0.3, -0.25) is 4.79 Å². The number of likely N-dealkylation sites (tertiary alicyclic amines) is 1. The molecule has 3 nitrogen and oxygen atoms in total. The third-order valence-corrected chi connectivity index (χ3v) is 2.92. The number of nitrogens with two attached hydrogens (primary N) is 1. The van der Waals surface area contributed by atoms with Crippen molar-refractivity contribution in [2.24, 2.45) is 11.7 Å². The Morgan fingerprint density at radius 1 is 1.47 bits per heavy atom. The molecule has 1 aliphatic heterocycles. The molecule has 0 aliphatic carbocycles. The van der Waals surface area contributed by atoms with Gasteiger partial charge in [0.25, 0.3) is 0 Å². The maximum atomic E-state index is 12.4. The number of carbonyl (C=O) groups is 1. The molecule has 0 aromatic rings. The van der Waals surface area contributed by atoms with Gasteiger partial charge in [-0.25, -0.2) is 0 Å². The monoisotopic (exact) mass is 248 g/mol. The zero-order valence-electron chi connectivity index (χ0n) is 9.33. The van der Waals surface area contributed by atoms with Crippen LogP contribution in [0.1, 0.15) is 19.3 Å². The molecule has 96 valence electrons. The van der Waals surface area contributed by atoms with E-state index in [0.717, 1.165) is 0 Å². The van der Waals surface area contributed by atoms with Gasteiger partial charge in [0.05, 0.1) is 12.0 Å². The molecule has 0 spiro atoms. The smallest absolute Gasteiger partial charge is 0.341 e. The minimum atomic E-state index is -4.17. The van der Waals surface area contributed by atoms with Gasteiger partial charge >= 0.3 is 6.18 Å². The second-order valence-electron chi connectivity index (χ2n) is 4.16. The summed E-state index contributed by atoms with van der Waals surface area (Å²) in [5.41, 5.74) is 5.52. The first-order valence-electron chi connectivity index (χ1n) is 5.40. The van der Waals surface area contributed by atoms with Gasteiger partial charge in [-0.2, -0.15) is 13.2 Å². The number of terminal acetylenes is 1. The summed E-state index contributed by atoms with van der Waals surface area (Å²) in [4.78, 5) is 13.0. The molecular formula is C11H15F3N2O. The average molecular weight is 248 g/mol. The maximum absolute atomic E-state index is 12.4. The number of carbonyl (C=O) groups excluding carboxylic acids is 1. The highest BCUT2D eigenvalue weighted by molar-refractivity contribution is 5.82. The van der Waals surface area contributed by atoms with Crippen LogP contribution in [0, 0.1) is 18.3 Å². The van der Waals surface area contributed by atoms with E-state index in [0.29, 0.717) is 0 Å². The third kappa shape index (κ3) is 3.63. The predicted octanol–water partition coefficient (Wildman–Crippen LogP) is 1.14. The molecule has 0 bridgehead atoms. The highest BCUT2D eigenvalue weighted by Crippen LogP contribution is 2.34. The van der Waals surface area contributed by atoms with E-state index in [4.69, 9.17) is 12.2 Å². The lowest BCUT2D eigenvalue weighted by atomic mass is 9.96. The fraction of sp³-hybridized carbons (Fsp3) is 0.727. The lowest BCUT2D eigenvalue weighted by molar-refractivity contribution is -0.186. The van der Waals surface area contributed by atoms with Crippen LogP contribution in [0.4, 0.5) is 13.2 Å². The van der Waals surface area contributed by atoms with Crippen molar-refractivity contribution in [3.63, 3.8) is 0 Å². The van der Waals surface area contributed by atoms with E-state index in [1.807, 2.05) is 0 Å². The standard InChI is InChI=1S/C11H15F3N2O/c1-2-3-9(15)10(17)16-6-4-8(5-7-16)11(12,13)14/h1,8-9H,3-7,15H2. The first-order valence-corrected chi connectivity index (χ1v) is 5.40. The van der Waals surface area contributed by atoms with Crippen molar-refractivity contribution in [3.8, 4) is 12.3 Å². The van der Waals surface area contributed by atoms with E-state index in [-0.39, 0.29) is 38.3 Å². The van der Waals surface area contributed by atoms with Crippen molar-refractivity contribution in [2.45, 2.75) is 31.5 Å². The highest BCUT2D eigenvalue weighted by Gasteiger charge is 2.41. The van der Waals surface area contributed by atoms with Gasteiger partial charge < -0.3 is 10.6 Å². The van der Waals surface area contributed by atoms with E-state index in [1.165, 1.54) is 4.90 Å². The summed E-state index contributed by atoms with van der Waals surface area (Å²) in [5.74, 6) is 0.600. The summed E-state index contributed by atoms with van der Waals surface area (Å²) in [5, 5.41) is 0. The summed E-state index contributed by atoms with van der Waals surface area (Å²) in [6.07, 6.45) is 0.850. The SMILES string of the molecule is C#CCC(N)C(=O)N1CCC(C(F)(F)F)CC1. The summed E-state index contributed by atoms with van der Waals surface area (Å²) in [6, 6.07) is -0.803. The molecule has 0 aromatic heterocycles. The Balaban J connectivity index is 2.47. The van der Waals surface area contributed by atoms with Crippen LogP contribution in [0.5, 0.6) is 0 Å². The van der Waals surface area contributed by atoms with E-state index >= 15 is 0 Å². The molecule has 1 saturated heterocycles. The predicted molar refractivity (Wildman–Crippen MR) is 56.8 cm³/mol. The number of alkyl halides is 3. The Hall–Kier alpha value is -1.22. The summed E-state index contributed by atoms with van der Waals surface area (Å²) in [6.45, 7) is 0.197. The van der Waals surface area contributed by atoms with Crippen molar-refractivity contribution in [1.29, 1.82) is 0 Å². The molecule has 0 saturated carbocycles. The first-order chi connectivity index (χ1) is 7.86. The lowest BCUT2D eigenvalue weighted by Crippen LogP contribution is -2.48. The molecule has 2 N–H and O–H groups in total. The minimum Gasteiger partial charge on any atom is -0.341 e. The number of piperidine rings is 1. The van der Waals surface area contributed by atoms with E-state index in [1.54, 1.807) is 0 Å². The summed E-state index contributed by atoms with van der Waals surface area (Å²) >= 11 is 0. The van der Waals surface area contributed by atoms with Crippen molar-refractivity contribution < 1.29 is 18.0 Å². The molecule has 1 rings (SSSR count). The fourth-order valence-electron chi connectivity index (χ4n) is 1.88. The van der Waals surface area contributed by atoms with Gasteiger partial charge in [0.2, 0.25) is 5.91 Å². The van der Waals surface area contributed by atoms with Gasteiger partial charge in [-0.15, -0.1) is 12.3 Å². The molecular weight excluding hydrogens is 233 g/mol. The molecule has 1 heterocycles. The van der Waals surface area contributed by atoms with Gasteiger partial charge in [-0.05, 0) is 12.8 Å². The normalized spacial score (nSPS) is 19.8. The second kappa shape index (κ2) is 5.41. The summed E-state index contributed by atoms with van der Waals surface area (Å²) in [7, 11) is 0.